The molecular formula is C23H25N7O3S. The van der Waals surface area contributed by atoms with Crippen molar-refractivity contribution < 1.29 is 13.2 Å². The van der Waals surface area contributed by atoms with Crippen LogP contribution >= 0.6 is 0 Å². The van der Waals surface area contributed by atoms with Gasteiger partial charge in [-0.05, 0) is 23.3 Å². The van der Waals surface area contributed by atoms with Crippen molar-refractivity contribution in [3.63, 3.8) is 0 Å². The van der Waals surface area contributed by atoms with Gasteiger partial charge in [-0.25, -0.2) is 8.42 Å². The summed E-state index contributed by atoms with van der Waals surface area (Å²) >= 11 is 0. The minimum atomic E-state index is -3.84. The molecule has 1 amide bonds. The van der Waals surface area contributed by atoms with Gasteiger partial charge in [-0.1, -0.05) is 56.3 Å². The van der Waals surface area contributed by atoms with E-state index in [-0.39, 0.29) is 48.5 Å². The molecule has 0 radical (unpaired) electrons. The second-order valence-corrected chi connectivity index (χ2v) is 10.2. The van der Waals surface area contributed by atoms with Gasteiger partial charge in [0.1, 0.15) is 6.07 Å². The lowest BCUT2D eigenvalue weighted by Crippen LogP contribution is -2.52. The summed E-state index contributed by atoms with van der Waals surface area (Å²) in [5.74, 6) is 0.155. The average molecular weight is 480 g/mol. The van der Waals surface area contributed by atoms with E-state index in [1.807, 2.05) is 50.2 Å². The summed E-state index contributed by atoms with van der Waals surface area (Å²) in [6.07, 6.45) is 0. The topological polar surface area (TPSA) is 125 Å². The zero-order valence-electron chi connectivity index (χ0n) is 18.9. The number of sulfonamides is 1. The Hall–Kier alpha value is -3.62. The first kappa shape index (κ1) is 23.5. The molecule has 1 aliphatic heterocycles. The number of hydrogen-bond donors (Lipinski definition) is 0. The number of piperazine rings is 1. The molecule has 0 bridgehead atoms. The van der Waals surface area contributed by atoms with E-state index in [1.54, 1.807) is 17.0 Å². The molecule has 0 aliphatic carbocycles. The van der Waals surface area contributed by atoms with Crippen molar-refractivity contribution in [1.82, 2.24) is 29.4 Å². The van der Waals surface area contributed by atoms with E-state index in [1.165, 1.54) is 21.2 Å². The summed E-state index contributed by atoms with van der Waals surface area (Å²) in [5, 5.41) is 22.0. The first-order valence-electron chi connectivity index (χ1n) is 11.0. The van der Waals surface area contributed by atoms with Crippen LogP contribution in [0.4, 0.5) is 0 Å². The monoisotopic (exact) mass is 479 g/mol. The lowest BCUT2D eigenvalue weighted by Gasteiger charge is -2.36. The van der Waals surface area contributed by atoms with Crippen LogP contribution in [-0.4, -0.2) is 69.9 Å². The molecule has 1 atom stereocenters. The number of aromatic nitrogens is 4. The molecule has 0 saturated carbocycles. The van der Waals surface area contributed by atoms with Gasteiger partial charge in [0.2, 0.25) is 21.8 Å². The van der Waals surface area contributed by atoms with Crippen molar-refractivity contribution in [1.29, 1.82) is 5.26 Å². The van der Waals surface area contributed by atoms with Crippen LogP contribution < -0.4 is 0 Å². The quantitative estimate of drug-likeness (QED) is 0.529. The van der Waals surface area contributed by atoms with Crippen LogP contribution in [0.1, 0.15) is 25.5 Å². The van der Waals surface area contributed by atoms with Crippen molar-refractivity contribution in [2.24, 2.45) is 5.92 Å². The number of nitriles is 1. The van der Waals surface area contributed by atoms with E-state index in [9.17, 15) is 18.5 Å². The Kier molecular flexibility index (Phi) is 6.72. The summed E-state index contributed by atoms with van der Waals surface area (Å²) < 4.78 is 27.5. The van der Waals surface area contributed by atoms with Gasteiger partial charge < -0.3 is 4.90 Å². The van der Waals surface area contributed by atoms with Crippen LogP contribution in [0.3, 0.4) is 0 Å². The maximum atomic E-state index is 13.4. The number of carbonyl (C=O) groups excluding carboxylic acids is 1. The zero-order chi connectivity index (χ0) is 24.3. The van der Waals surface area contributed by atoms with Gasteiger partial charge in [-0.2, -0.15) is 14.4 Å². The van der Waals surface area contributed by atoms with Gasteiger partial charge >= 0.3 is 0 Å². The highest BCUT2D eigenvalue weighted by atomic mass is 32.2. The molecule has 4 rings (SSSR count). The molecule has 34 heavy (non-hydrogen) atoms. The summed E-state index contributed by atoms with van der Waals surface area (Å²) in [4.78, 5) is 16.4. The normalized spacial score (nSPS) is 15.8. The Labute approximate surface area is 198 Å². The van der Waals surface area contributed by atoms with Crippen molar-refractivity contribution in [2.45, 2.75) is 24.8 Å². The Morgan fingerprint density at radius 3 is 2.29 bits per heavy atom. The van der Waals surface area contributed by atoms with Gasteiger partial charge in [-0.15, -0.1) is 10.2 Å². The molecule has 10 nitrogen and oxygen atoms in total. The van der Waals surface area contributed by atoms with Crippen molar-refractivity contribution in [2.75, 3.05) is 26.2 Å². The fraction of sp³-hybridized carbons (Fsp3) is 0.348. The molecule has 0 N–H and O–H groups in total. The predicted octanol–water partition coefficient (Wildman–Crippen LogP) is 1.94. The van der Waals surface area contributed by atoms with Gasteiger partial charge in [0.25, 0.3) is 0 Å². The molecule has 1 aromatic heterocycles. The van der Waals surface area contributed by atoms with Gasteiger partial charge in [0.15, 0.2) is 6.04 Å². The minimum Gasteiger partial charge on any atom is -0.338 e. The van der Waals surface area contributed by atoms with Crippen molar-refractivity contribution in [3.8, 4) is 17.5 Å². The first-order valence-corrected chi connectivity index (χ1v) is 12.4. The maximum absolute atomic E-state index is 13.4. The highest BCUT2D eigenvalue weighted by molar-refractivity contribution is 7.89. The van der Waals surface area contributed by atoms with Crippen molar-refractivity contribution >= 4 is 15.9 Å². The van der Waals surface area contributed by atoms with Crippen LogP contribution in [0.2, 0.25) is 0 Å². The molecule has 1 saturated heterocycles. The van der Waals surface area contributed by atoms with Crippen LogP contribution in [0.5, 0.6) is 0 Å². The van der Waals surface area contributed by atoms with Crippen molar-refractivity contribution in [3.05, 3.63) is 60.2 Å². The van der Waals surface area contributed by atoms with E-state index >= 15 is 0 Å². The summed E-state index contributed by atoms with van der Waals surface area (Å²) in [6.45, 7) is 4.56. The molecule has 1 aliphatic rings. The summed E-state index contributed by atoms with van der Waals surface area (Å²) in [5.41, 5.74) is 0.910. The number of hydrogen-bond acceptors (Lipinski definition) is 7. The Balaban J connectivity index is 1.49. The first-order chi connectivity index (χ1) is 16.3. The van der Waals surface area contributed by atoms with E-state index in [0.29, 0.717) is 5.82 Å². The molecule has 11 heteroatoms. The van der Waals surface area contributed by atoms with E-state index in [0.717, 1.165) is 5.56 Å². The second-order valence-electron chi connectivity index (χ2n) is 8.33. The Morgan fingerprint density at radius 2 is 1.65 bits per heavy atom. The molecule has 1 unspecified atom stereocenters. The SMILES string of the molecule is CC(C)C(C(=O)N1CCN(S(=O)(=O)c2ccccc2C#N)CC1)n1nnc(-c2ccccc2)n1. The fourth-order valence-electron chi connectivity index (χ4n) is 3.96. The minimum absolute atomic E-state index is 0.0161. The zero-order valence-corrected chi connectivity index (χ0v) is 19.8. The average Bonchev–Trinajstić information content (AvgIpc) is 3.34. The third kappa shape index (κ3) is 4.55. The molecule has 3 aromatic rings. The summed E-state index contributed by atoms with van der Waals surface area (Å²) in [6, 6.07) is 16.8. The van der Waals surface area contributed by atoms with E-state index in [4.69, 9.17) is 0 Å². The Bertz CT molecular complexity index is 1310. The van der Waals surface area contributed by atoms with Crippen LogP contribution in [0.15, 0.2) is 59.5 Å². The highest BCUT2D eigenvalue weighted by Crippen LogP contribution is 2.24. The number of amides is 1. The smallest absolute Gasteiger partial charge is 0.249 e. The third-order valence-corrected chi connectivity index (χ3v) is 7.73. The number of carbonyl (C=O) groups is 1. The van der Waals surface area contributed by atoms with Crippen LogP contribution in [0.25, 0.3) is 11.4 Å². The molecule has 1 fully saturated rings. The number of tetrazole rings is 1. The van der Waals surface area contributed by atoms with Crippen LogP contribution in [0, 0.1) is 17.2 Å². The second kappa shape index (κ2) is 9.70. The number of benzene rings is 2. The van der Waals surface area contributed by atoms with Crippen LogP contribution in [-0.2, 0) is 14.8 Å². The summed E-state index contributed by atoms with van der Waals surface area (Å²) in [7, 11) is -3.84. The van der Waals surface area contributed by atoms with Gasteiger partial charge in [-0.3, -0.25) is 4.79 Å². The molecule has 0 spiro atoms. The molecular weight excluding hydrogens is 454 g/mol. The standard InChI is InChI=1S/C23H25N7O3S/c1-17(2)21(30-26-22(25-27-30)18-8-4-3-5-9-18)23(31)28-12-14-29(15-13-28)34(32,33)20-11-7-6-10-19(20)16-24/h3-11,17,21H,12-15H2,1-2H3. The molecule has 2 heterocycles. The van der Waals surface area contributed by atoms with E-state index in [2.05, 4.69) is 15.4 Å². The number of nitrogens with zero attached hydrogens (tertiary/aromatic N) is 7. The van der Waals surface area contributed by atoms with E-state index < -0.39 is 16.1 Å². The maximum Gasteiger partial charge on any atom is 0.249 e. The van der Waals surface area contributed by atoms with Gasteiger partial charge in [0, 0.05) is 31.7 Å². The van der Waals surface area contributed by atoms with Gasteiger partial charge in [0.05, 0.1) is 10.5 Å². The predicted molar refractivity (Wildman–Crippen MR) is 124 cm³/mol. The Morgan fingerprint density at radius 1 is 1.00 bits per heavy atom. The number of rotatable bonds is 6. The lowest BCUT2D eigenvalue weighted by molar-refractivity contribution is -0.138. The lowest BCUT2D eigenvalue weighted by atomic mass is 10.0. The molecule has 176 valence electrons. The largest absolute Gasteiger partial charge is 0.338 e. The third-order valence-electron chi connectivity index (χ3n) is 5.77. The highest BCUT2D eigenvalue weighted by Gasteiger charge is 2.36. The molecule has 2 aromatic carbocycles. The fourth-order valence-corrected chi connectivity index (χ4v) is 5.52.